The number of nitrogens with zero attached hydrogens (tertiary/aromatic N) is 3. The third kappa shape index (κ3) is 2.98. The number of halogens is 2. The average Bonchev–Trinajstić information content (AvgIpc) is 2.72. The van der Waals surface area contributed by atoms with Crippen LogP contribution in [0.1, 0.15) is 13.3 Å². The number of aromatic nitrogens is 2. The Morgan fingerprint density at radius 2 is 2.35 bits per heavy atom. The van der Waals surface area contributed by atoms with Crippen molar-refractivity contribution in [1.29, 1.82) is 0 Å². The van der Waals surface area contributed by atoms with Crippen molar-refractivity contribution in [1.82, 2.24) is 14.9 Å². The number of carbonyl (C=O) groups is 1. The van der Waals surface area contributed by atoms with Gasteiger partial charge in [-0.1, -0.05) is 11.6 Å². The molecule has 0 radical (unpaired) electrons. The van der Waals surface area contributed by atoms with Crippen molar-refractivity contribution in [3.05, 3.63) is 16.5 Å². The van der Waals surface area contributed by atoms with E-state index in [1.165, 1.54) is 13.1 Å². The lowest BCUT2D eigenvalue weighted by molar-refractivity contribution is -0.128. The van der Waals surface area contributed by atoms with Gasteiger partial charge in [0.05, 0.1) is 12.7 Å². The van der Waals surface area contributed by atoms with Gasteiger partial charge in [0.15, 0.2) is 0 Å². The number of hydrogen-bond donors (Lipinski definition) is 0. The van der Waals surface area contributed by atoms with Crippen molar-refractivity contribution in [3.8, 4) is 5.88 Å². The van der Waals surface area contributed by atoms with E-state index in [2.05, 4.69) is 9.97 Å². The molecule has 2 heterocycles. The molecule has 1 aliphatic heterocycles. The third-order valence-electron chi connectivity index (χ3n) is 2.55. The van der Waals surface area contributed by atoms with Crippen LogP contribution in [0.25, 0.3) is 0 Å². The summed E-state index contributed by atoms with van der Waals surface area (Å²) < 4.78 is 5.61. The van der Waals surface area contributed by atoms with Gasteiger partial charge in [-0.3, -0.25) is 4.79 Å². The highest BCUT2D eigenvalue weighted by Gasteiger charge is 2.26. The van der Waals surface area contributed by atoms with Crippen LogP contribution in [0.3, 0.4) is 0 Å². The van der Waals surface area contributed by atoms with Crippen LogP contribution >= 0.6 is 23.2 Å². The topological polar surface area (TPSA) is 55.3 Å². The molecule has 92 valence electrons. The normalized spacial score (nSPS) is 19.5. The van der Waals surface area contributed by atoms with Crippen molar-refractivity contribution in [2.24, 2.45) is 0 Å². The second-order valence-corrected chi connectivity index (χ2v) is 4.53. The fourth-order valence-electron chi connectivity index (χ4n) is 1.68. The van der Waals surface area contributed by atoms with Crippen LogP contribution in [0, 0.1) is 0 Å². The highest BCUT2D eigenvalue weighted by Crippen LogP contribution is 2.25. The number of hydrogen-bond acceptors (Lipinski definition) is 4. The molecule has 1 aromatic heterocycles. The molecule has 0 bridgehead atoms. The average molecular weight is 276 g/mol. The maximum Gasteiger partial charge on any atom is 0.237 e. The van der Waals surface area contributed by atoms with Crippen LogP contribution in [0.15, 0.2) is 6.20 Å². The Balaban J connectivity index is 2.02. The highest BCUT2D eigenvalue weighted by molar-refractivity contribution is 6.32. The van der Waals surface area contributed by atoms with E-state index in [1.807, 2.05) is 0 Å². The van der Waals surface area contributed by atoms with Gasteiger partial charge in [-0.2, -0.15) is 4.98 Å². The molecule has 1 amide bonds. The summed E-state index contributed by atoms with van der Waals surface area (Å²) in [5.41, 5.74) is 0. The summed E-state index contributed by atoms with van der Waals surface area (Å²) >= 11 is 11.5. The molecule has 2 rings (SSSR count). The Bertz CT molecular complexity index is 442. The standard InChI is InChI=1S/C10H11Cl2N3O2/c1-6(16)15-3-2-7(5-15)17-9-8(11)4-13-10(12)14-9/h4,7H,2-3,5H2,1H3/t7-/m0/s1. The molecular formula is C10H11Cl2N3O2. The quantitative estimate of drug-likeness (QED) is 0.773. The lowest BCUT2D eigenvalue weighted by atomic mass is 10.3. The Kier molecular flexibility index (Phi) is 3.69. The fraction of sp³-hybridized carbons (Fsp3) is 0.500. The molecule has 1 atom stereocenters. The van der Waals surface area contributed by atoms with Gasteiger partial charge in [-0.25, -0.2) is 4.98 Å². The Morgan fingerprint density at radius 1 is 1.59 bits per heavy atom. The smallest absolute Gasteiger partial charge is 0.237 e. The molecule has 1 aromatic rings. The largest absolute Gasteiger partial charge is 0.471 e. The molecule has 5 nitrogen and oxygen atoms in total. The predicted octanol–water partition coefficient (Wildman–Crippen LogP) is 1.78. The summed E-state index contributed by atoms with van der Waals surface area (Å²) in [6, 6.07) is 0. The minimum absolute atomic E-state index is 0.0444. The summed E-state index contributed by atoms with van der Waals surface area (Å²) in [6.45, 7) is 2.78. The van der Waals surface area contributed by atoms with Crippen LogP contribution in [0.5, 0.6) is 5.88 Å². The molecule has 0 saturated carbocycles. The van der Waals surface area contributed by atoms with E-state index in [0.29, 0.717) is 18.1 Å². The summed E-state index contributed by atoms with van der Waals surface area (Å²) in [4.78, 5) is 20.5. The van der Waals surface area contributed by atoms with Crippen molar-refractivity contribution in [2.75, 3.05) is 13.1 Å². The number of likely N-dealkylation sites (tertiary alicyclic amines) is 1. The number of carbonyl (C=O) groups excluding carboxylic acids is 1. The van der Waals surface area contributed by atoms with Gasteiger partial charge in [0, 0.05) is 19.9 Å². The van der Waals surface area contributed by atoms with Crippen LogP contribution in [0.4, 0.5) is 0 Å². The first-order valence-corrected chi connectivity index (χ1v) is 5.92. The zero-order chi connectivity index (χ0) is 12.4. The molecular weight excluding hydrogens is 265 g/mol. The maximum atomic E-state index is 11.2. The van der Waals surface area contributed by atoms with Crippen LogP contribution < -0.4 is 4.74 Å². The molecule has 1 aliphatic rings. The molecule has 7 heteroatoms. The molecule has 0 unspecified atom stereocenters. The number of amides is 1. The van der Waals surface area contributed by atoms with E-state index in [-0.39, 0.29) is 23.2 Å². The molecule has 0 N–H and O–H groups in total. The van der Waals surface area contributed by atoms with E-state index in [9.17, 15) is 4.79 Å². The van der Waals surface area contributed by atoms with Crippen LogP contribution in [-0.4, -0.2) is 40.0 Å². The minimum atomic E-state index is -0.0950. The first-order chi connectivity index (χ1) is 8.06. The Labute approximate surface area is 109 Å². The van der Waals surface area contributed by atoms with Gasteiger partial charge in [0.1, 0.15) is 11.1 Å². The van der Waals surface area contributed by atoms with E-state index in [4.69, 9.17) is 27.9 Å². The first kappa shape index (κ1) is 12.4. The molecule has 1 saturated heterocycles. The monoisotopic (exact) mass is 275 g/mol. The zero-order valence-electron chi connectivity index (χ0n) is 9.19. The van der Waals surface area contributed by atoms with Crippen LogP contribution in [-0.2, 0) is 4.79 Å². The van der Waals surface area contributed by atoms with Gasteiger partial charge in [-0.05, 0) is 11.6 Å². The summed E-state index contributed by atoms with van der Waals surface area (Å²) in [6.07, 6.45) is 2.06. The second kappa shape index (κ2) is 5.06. The van der Waals surface area contributed by atoms with Gasteiger partial charge >= 0.3 is 0 Å². The SMILES string of the molecule is CC(=O)N1CC[C@H](Oc2nc(Cl)ncc2Cl)C1. The van der Waals surface area contributed by atoms with Gasteiger partial charge in [0.25, 0.3) is 0 Å². The van der Waals surface area contributed by atoms with E-state index in [1.54, 1.807) is 4.90 Å². The molecule has 0 aliphatic carbocycles. The van der Waals surface area contributed by atoms with Crippen molar-refractivity contribution in [2.45, 2.75) is 19.4 Å². The molecule has 0 aromatic carbocycles. The third-order valence-corrected chi connectivity index (χ3v) is 2.99. The predicted molar refractivity (Wildman–Crippen MR) is 63.3 cm³/mol. The summed E-state index contributed by atoms with van der Waals surface area (Å²) in [7, 11) is 0. The maximum absolute atomic E-state index is 11.2. The second-order valence-electron chi connectivity index (χ2n) is 3.79. The van der Waals surface area contributed by atoms with Gasteiger partial charge < -0.3 is 9.64 Å². The van der Waals surface area contributed by atoms with E-state index >= 15 is 0 Å². The Morgan fingerprint density at radius 3 is 3.00 bits per heavy atom. The molecule has 1 fully saturated rings. The van der Waals surface area contributed by atoms with E-state index < -0.39 is 0 Å². The lowest BCUT2D eigenvalue weighted by Crippen LogP contribution is -2.28. The fourth-order valence-corrected chi connectivity index (χ4v) is 1.94. The highest BCUT2D eigenvalue weighted by atomic mass is 35.5. The summed E-state index contributed by atoms with van der Waals surface area (Å²) in [5, 5.41) is 0.404. The molecule has 0 spiro atoms. The number of rotatable bonds is 2. The van der Waals surface area contributed by atoms with Crippen LogP contribution in [0.2, 0.25) is 10.3 Å². The lowest BCUT2D eigenvalue weighted by Gasteiger charge is -2.15. The van der Waals surface area contributed by atoms with Gasteiger partial charge in [0.2, 0.25) is 17.1 Å². The van der Waals surface area contributed by atoms with Gasteiger partial charge in [-0.15, -0.1) is 0 Å². The number of ether oxygens (including phenoxy) is 1. The first-order valence-electron chi connectivity index (χ1n) is 5.16. The zero-order valence-corrected chi connectivity index (χ0v) is 10.7. The van der Waals surface area contributed by atoms with Crippen molar-refractivity contribution in [3.63, 3.8) is 0 Å². The van der Waals surface area contributed by atoms with Crippen molar-refractivity contribution < 1.29 is 9.53 Å². The Hall–Kier alpha value is -1.07. The molecule has 17 heavy (non-hydrogen) atoms. The minimum Gasteiger partial charge on any atom is -0.471 e. The summed E-state index contributed by atoms with van der Waals surface area (Å²) in [5.74, 6) is 0.310. The van der Waals surface area contributed by atoms with E-state index in [0.717, 1.165) is 6.42 Å². The van der Waals surface area contributed by atoms with Crippen molar-refractivity contribution >= 4 is 29.1 Å².